The zero-order valence-corrected chi connectivity index (χ0v) is 20.9. The lowest BCUT2D eigenvalue weighted by Gasteiger charge is -2.43. The van der Waals surface area contributed by atoms with Gasteiger partial charge in [0.25, 0.3) is 6.43 Å². The van der Waals surface area contributed by atoms with Crippen molar-refractivity contribution in [3.63, 3.8) is 0 Å². The molecule has 14 heteroatoms. The van der Waals surface area contributed by atoms with Gasteiger partial charge in [-0.1, -0.05) is 0 Å². The molecule has 0 amide bonds. The summed E-state index contributed by atoms with van der Waals surface area (Å²) in [7, 11) is 1.23. The summed E-state index contributed by atoms with van der Waals surface area (Å²) in [5, 5.41) is 10.1. The van der Waals surface area contributed by atoms with Gasteiger partial charge in [-0.2, -0.15) is 0 Å². The van der Waals surface area contributed by atoms with E-state index in [4.69, 9.17) is 16.2 Å². The molecule has 5 N–H and O–H groups in total. The standard InChI is InChI=1S/C25H26F4N8O2/c1-39-18-7-16(26)15(6-17(18)27)13-5-14(9-37-12-35-19-22(30)33-11-34-24(19)37)23(32-8-13)36-4-2-3-25(31,10-36)20(38)21(28)29/h5-8,11-12,20-21,38H,2-4,9-10,31H2,1H3,(H2,30,33,34)/t20-,25-/m1/s1. The topological polar surface area (TPSA) is 141 Å². The predicted octanol–water partition coefficient (Wildman–Crippen LogP) is 2.73. The number of aromatic nitrogens is 5. The van der Waals surface area contributed by atoms with Gasteiger partial charge in [-0.3, -0.25) is 0 Å². The number of ether oxygens (including phenoxy) is 1. The number of imidazole rings is 1. The number of pyridine rings is 1. The van der Waals surface area contributed by atoms with Crippen LogP contribution in [0.1, 0.15) is 18.4 Å². The normalized spacial score (nSPS) is 18.6. The fourth-order valence-electron chi connectivity index (χ4n) is 4.94. The first-order valence-corrected chi connectivity index (χ1v) is 12.0. The quantitative estimate of drug-likeness (QED) is 0.298. The Kier molecular flexibility index (Phi) is 6.99. The number of hydrogen-bond acceptors (Lipinski definition) is 9. The van der Waals surface area contributed by atoms with Gasteiger partial charge < -0.3 is 30.8 Å². The fraction of sp³-hybridized carbons (Fsp3) is 0.360. The van der Waals surface area contributed by atoms with Crippen molar-refractivity contribution in [2.45, 2.75) is 37.5 Å². The second kappa shape index (κ2) is 10.3. The number of methoxy groups -OCH3 is 1. The molecule has 4 heterocycles. The Morgan fingerprint density at radius 3 is 2.67 bits per heavy atom. The average molecular weight is 547 g/mol. The molecule has 1 fully saturated rings. The molecule has 0 saturated carbocycles. The summed E-state index contributed by atoms with van der Waals surface area (Å²) in [6, 6.07) is 3.58. The number of anilines is 2. The van der Waals surface area contributed by atoms with Gasteiger partial charge >= 0.3 is 0 Å². The van der Waals surface area contributed by atoms with Crippen LogP contribution in [0, 0.1) is 11.6 Å². The number of fused-ring (bicyclic) bond motifs is 1. The molecule has 1 aliphatic rings. The number of nitrogens with zero attached hydrogens (tertiary/aromatic N) is 6. The maximum atomic E-state index is 14.9. The van der Waals surface area contributed by atoms with E-state index in [-0.39, 0.29) is 42.2 Å². The van der Waals surface area contributed by atoms with Crippen molar-refractivity contribution in [1.82, 2.24) is 24.5 Å². The van der Waals surface area contributed by atoms with E-state index >= 15 is 0 Å². The Hall–Kier alpha value is -4.04. The number of alkyl halides is 2. The number of piperidine rings is 1. The zero-order chi connectivity index (χ0) is 27.9. The van der Waals surface area contributed by atoms with Crippen LogP contribution in [0.2, 0.25) is 0 Å². The molecule has 10 nitrogen and oxygen atoms in total. The predicted molar refractivity (Wildman–Crippen MR) is 135 cm³/mol. The van der Waals surface area contributed by atoms with Crippen molar-refractivity contribution in [1.29, 1.82) is 0 Å². The first kappa shape index (κ1) is 26.6. The van der Waals surface area contributed by atoms with Crippen LogP contribution in [0.15, 0.2) is 37.1 Å². The van der Waals surface area contributed by atoms with E-state index in [1.165, 1.54) is 26.0 Å². The third-order valence-electron chi connectivity index (χ3n) is 6.95. The summed E-state index contributed by atoms with van der Waals surface area (Å²) < 4.78 is 62.7. The minimum atomic E-state index is -3.01. The van der Waals surface area contributed by atoms with Crippen molar-refractivity contribution >= 4 is 22.8 Å². The highest BCUT2D eigenvalue weighted by atomic mass is 19.3. The van der Waals surface area contributed by atoms with Gasteiger partial charge in [0.15, 0.2) is 23.0 Å². The molecule has 0 spiro atoms. The highest BCUT2D eigenvalue weighted by molar-refractivity contribution is 5.81. The van der Waals surface area contributed by atoms with Crippen LogP contribution in [-0.2, 0) is 6.54 Å². The number of halogens is 4. The largest absolute Gasteiger partial charge is 0.494 e. The van der Waals surface area contributed by atoms with Gasteiger partial charge in [-0.15, -0.1) is 0 Å². The maximum absolute atomic E-state index is 14.9. The second-order valence-corrected chi connectivity index (χ2v) is 9.51. The van der Waals surface area contributed by atoms with E-state index in [1.807, 2.05) is 0 Å². The van der Waals surface area contributed by atoms with E-state index in [9.17, 15) is 22.7 Å². The molecule has 0 unspecified atom stereocenters. The SMILES string of the molecule is COc1cc(F)c(-c2cnc(N3CCC[C@](N)([C@H](O)C(F)F)C3)c(Cn3cnc4c(N)ncnc43)c2)cc1F. The van der Waals surface area contributed by atoms with Crippen molar-refractivity contribution < 1.29 is 27.4 Å². The molecule has 3 aromatic heterocycles. The smallest absolute Gasteiger partial charge is 0.265 e. The third-order valence-corrected chi connectivity index (χ3v) is 6.95. The zero-order valence-electron chi connectivity index (χ0n) is 20.9. The molecule has 1 aliphatic heterocycles. The van der Waals surface area contributed by atoms with Crippen LogP contribution in [0.4, 0.5) is 29.2 Å². The minimum Gasteiger partial charge on any atom is -0.494 e. The molecular formula is C25H26F4N8O2. The first-order chi connectivity index (χ1) is 18.6. The van der Waals surface area contributed by atoms with E-state index in [0.29, 0.717) is 35.5 Å². The van der Waals surface area contributed by atoms with Gasteiger partial charge in [0.2, 0.25) is 0 Å². The molecule has 1 aromatic carbocycles. The summed E-state index contributed by atoms with van der Waals surface area (Å²) in [6.45, 7) is 0.456. The van der Waals surface area contributed by atoms with Crippen LogP contribution in [0.3, 0.4) is 0 Å². The minimum absolute atomic E-state index is 0.0457. The van der Waals surface area contributed by atoms with Gasteiger partial charge in [-0.25, -0.2) is 37.5 Å². The van der Waals surface area contributed by atoms with Crippen LogP contribution in [-0.4, -0.2) is 67.9 Å². The summed E-state index contributed by atoms with van der Waals surface area (Å²) in [4.78, 5) is 18.7. The third kappa shape index (κ3) is 4.92. The molecule has 0 radical (unpaired) electrons. The molecule has 39 heavy (non-hydrogen) atoms. The number of nitrogens with two attached hydrogens (primary N) is 2. The molecular weight excluding hydrogens is 520 g/mol. The summed E-state index contributed by atoms with van der Waals surface area (Å²) in [5.74, 6) is -1.15. The number of nitrogen functional groups attached to an aromatic ring is 1. The summed E-state index contributed by atoms with van der Waals surface area (Å²) >= 11 is 0. The molecule has 1 saturated heterocycles. The molecule has 206 valence electrons. The van der Waals surface area contributed by atoms with Gasteiger partial charge in [0.1, 0.15) is 29.6 Å². The molecule has 4 aromatic rings. The van der Waals surface area contributed by atoms with Crippen molar-refractivity contribution in [3.05, 3.63) is 54.2 Å². The Labute approximate surface area is 220 Å². The Balaban J connectivity index is 1.60. The van der Waals surface area contributed by atoms with E-state index in [0.717, 1.165) is 12.1 Å². The Morgan fingerprint density at radius 1 is 1.13 bits per heavy atom. The van der Waals surface area contributed by atoms with Crippen molar-refractivity contribution in [2.75, 3.05) is 30.8 Å². The highest BCUT2D eigenvalue weighted by Gasteiger charge is 2.43. The van der Waals surface area contributed by atoms with Gasteiger partial charge in [-0.05, 0) is 25.0 Å². The molecule has 2 atom stereocenters. The fourth-order valence-corrected chi connectivity index (χ4v) is 4.94. The van der Waals surface area contributed by atoms with Crippen molar-refractivity contribution in [2.24, 2.45) is 5.73 Å². The molecule has 0 aliphatic carbocycles. The van der Waals surface area contributed by atoms with Crippen LogP contribution >= 0.6 is 0 Å². The van der Waals surface area contributed by atoms with Gasteiger partial charge in [0.05, 0.1) is 25.5 Å². The number of benzene rings is 1. The number of hydrogen-bond donors (Lipinski definition) is 3. The lowest BCUT2D eigenvalue weighted by atomic mass is 9.84. The maximum Gasteiger partial charge on any atom is 0.265 e. The monoisotopic (exact) mass is 546 g/mol. The van der Waals surface area contributed by atoms with E-state index in [1.54, 1.807) is 15.5 Å². The van der Waals surface area contributed by atoms with E-state index < -0.39 is 29.7 Å². The highest BCUT2D eigenvalue weighted by Crippen LogP contribution is 2.34. The van der Waals surface area contributed by atoms with Crippen LogP contribution in [0.5, 0.6) is 5.75 Å². The number of rotatable bonds is 7. The lowest BCUT2D eigenvalue weighted by molar-refractivity contribution is -0.0529. The average Bonchev–Trinajstić information content (AvgIpc) is 3.33. The first-order valence-electron chi connectivity index (χ1n) is 12.0. The van der Waals surface area contributed by atoms with E-state index in [2.05, 4.69) is 19.9 Å². The summed E-state index contributed by atoms with van der Waals surface area (Å²) in [5.41, 5.74) is 12.1. The number of aliphatic hydroxyl groups is 1. The van der Waals surface area contributed by atoms with Crippen molar-refractivity contribution in [3.8, 4) is 16.9 Å². The Morgan fingerprint density at radius 2 is 1.92 bits per heavy atom. The number of aliphatic hydroxyl groups excluding tert-OH is 1. The lowest BCUT2D eigenvalue weighted by Crippen LogP contribution is -2.63. The summed E-state index contributed by atoms with van der Waals surface area (Å²) in [6.07, 6.45) is -0.257. The second-order valence-electron chi connectivity index (χ2n) is 9.51. The molecule has 0 bridgehead atoms. The van der Waals surface area contributed by atoms with Crippen LogP contribution < -0.4 is 21.1 Å². The van der Waals surface area contributed by atoms with Gasteiger partial charge in [0, 0.05) is 42.0 Å². The Bertz CT molecular complexity index is 1520. The van der Waals surface area contributed by atoms with Crippen LogP contribution in [0.25, 0.3) is 22.3 Å². The molecule has 5 rings (SSSR count).